The summed E-state index contributed by atoms with van der Waals surface area (Å²) in [4.78, 5) is 4.73. The summed E-state index contributed by atoms with van der Waals surface area (Å²) < 4.78 is 2.07. The number of benzene rings is 1. The van der Waals surface area contributed by atoms with Gasteiger partial charge in [0.15, 0.2) is 0 Å². The Balaban J connectivity index is 2.40. The number of aryl methyl sites for hydroxylation is 2. The molecule has 0 spiro atoms. The molecule has 0 radical (unpaired) electrons. The van der Waals surface area contributed by atoms with Crippen molar-refractivity contribution in [1.29, 1.82) is 0 Å². The van der Waals surface area contributed by atoms with E-state index >= 15 is 0 Å². The number of fused-ring (bicyclic) bond motifs is 1. The molecule has 0 saturated carbocycles. The molecule has 1 N–H and O–H groups in total. The normalized spacial score (nSPS) is 11.4. The molecule has 0 bridgehead atoms. The summed E-state index contributed by atoms with van der Waals surface area (Å²) in [6.45, 7) is 6.21. The van der Waals surface area contributed by atoms with E-state index in [2.05, 4.69) is 18.4 Å². The van der Waals surface area contributed by atoms with Gasteiger partial charge in [-0.25, -0.2) is 4.98 Å². The molecule has 2 aromatic heterocycles. The Labute approximate surface area is 145 Å². The van der Waals surface area contributed by atoms with Gasteiger partial charge >= 0.3 is 0 Å². The minimum absolute atomic E-state index is 0.115. The topological polar surface area (TPSA) is 38.0 Å². The fraction of sp³-hybridized carbons (Fsp3) is 0.278. The monoisotopic (exact) mass is 348 g/mol. The van der Waals surface area contributed by atoms with Crippen molar-refractivity contribution < 1.29 is 5.11 Å². The molecule has 0 saturated heterocycles. The summed E-state index contributed by atoms with van der Waals surface area (Å²) in [5, 5.41) is 11.7. The first-order valence-electron chi connectivity index (χ1n) is 7.48. The molecule has 3 rings (SSSR count). The number of hydrogen-bond donors (Lipinski definition) is 1. The summed E-state index contributed by atoms with van der Waals surface area (Å²) in [6, 6.07) is 7.52. The highest BCUT2D eigenvalue weighted by atomic mass is 35.5. The van der Waals surface area contributed by atoms with Crippen molar-refractivity contribution in [3.63, 3.8) is 0 Å². The Bertz CT molecular complexity index is 900. The van der Waals surface area contributed by atoms with Gasteiger partial charge in [-0.05, 0) is 62.6 Å². The zero-order valence-electron chi connectivity index (χ0n) is 13.3. The van der Waals surface area contributed by atoms with E-state index in [9.17, 15) is 5.11 Å². The van der Waals surface area contributed by atoms with Crippen LogP contribution >= 0.6 is 23.2 Å². The fourth-order valence-corrected chi connectivity index (χ4v) is 3.57. The first kappa shape index (κ1) is 16.3. The molecular weight excluding hydrogens is 331 g/mol. The molecule has 3 nitrogen and oxygen atoms in total. The molecule has 2 heterocycles. The van der Waals surface area contributed by atoms with Gasteiger partial charge in [-0.3, -0.25) is 4.57 Å². The second-order valence-electron chi connectivity index (χ2n) is 5.74. The van der Waals surface area contributed by atoms with Crippen LogP contribution in [0.5, 0.6) is 0 Å². The number of hydrogen-bond acceptors (Lipinski definition) is 2. The van der Waals surface area contributed by atoms with Gasteiger partial charge in [0, 0.05) is 28.4 Å². The lowest BCUT2D eigenvalue weighted by molar-refractivity contribution is 0.300. The average molecular weight is 349 g/mol. The van der Waals surface area contributed by atoms with E-state index < -0.39 is 0 Å². The summed E-state index contributed by atoms with van der Waals surface area (Å²) in [5.74, 6) is 0. The van der Waals surface area contributed by atoms with Gasteiger partial charge in [0.25, 0.3) is 0 Å². The first-order valence-corrected chi connectivity index (χ1v) is 8.24. The third-order valence-corrected chi connectivity index (χ3v) is 4.74. The van der Waals surface area contributed by atoms with Crippen LogP contribution in [0.25, 0.3) is 16.7 Å². The van der Waals surface area contributed by atoms with Crippen molar-refractivity contribution in [2.45, 2.75) is 27.2 Å². The zero-order valence-corrected chi connectivity index (χ0v) is 14.8. The molecule has 3 aromatic rings. The largest absolute Gasteiger partial charge is 0.396 e. The Morgan fingerprint density at radius 3 is 2.52 bits per heavy atom. The van der Waals surface area contributed by atoms with E-state index in [0.29, 0.717) is 16.5 Å². The lowest BCUT2D eigenvalue weighted by Crippen LogP contribution is -2.01. The Morgan fingerprint density at radius 2 is 1.87 bits per heavy atom. The number of pyridine rings is 1. The van der Waals surface area contributed by atoms with Crippen molar-refractivity contribution in [2.75, 3.05) is 6.61 Å². The molecule has 0 amide bonds. The zero-order chi connectivity index (χ0) is 16.7. The van der Waals surface area contributed by atoms with Crippen molar-refractivity contribution in [1.82, 2.24) is 9.55 Å². The maximum absolute atomic E-state index is 9.37. The fourth-order valence-electron chi connectivity index (χ4n) is 3.08. The van der Waals surface area contributed by atoms with Gasteiger partial charge in [-0.15, -0.1) is 0 Å². The van der Waals surface area contributed by atoms with Crippen LogP contribution in [-0.2, 0) is 6.42 Å². The number of aliphatic hydroxyl groups is 1. The van der Waals surface area contributed by atoms with Gasteiger partial charge in [0.1, 0.15) is 5.65 Å². The van der Waals surface area contributed by atoms with Crippen LogP contribution in [0, 0.1) is 20.8 Å². The van der Waals surface area contributed by atoms with Crippen LogP contribution in [0.1, 0.15) is 22.5 Å². The van der Waals surface area contributed by atoms with Crippen LogP contribution in [0.15, 0.2) is 24.3 Å². The van der Waals surface area contributed by atoms with E-state index in [1.54, 1.807) is 6.07 Å². The first-order chi connectivity index (χ1) is 10.9. The molecule has 0 unspecified atom stereocenters. The second kappa shape index (κ2) is 6.16. The van der Waals surface area contributed by atoms with E-state index in [-0.39, 0.29) is 6.61 Å². The molecule has 23 heavy (non-hydrogen) atoms. The average Bonchev–Trinajstić information content (AvgIpc) is 2.72. The number of aliphatic hydroxyl groups excluding tert-OH is 1. The van der Waals surface area contributed by atoms with Crippen LogP contribution in [0.3, 0.4) is 0 Å². The van der Waals surface area contributed by atoms with E-state index in [0.717, 1.165) is 39.2 Å². The molecule has 0 atom stereocenters. The van der Waals surface area contributed by atoms with Gasteiger partial charge in [0.05, 0.1) is 10.7 Å². The summed E-state index contributed by atoms with van der Waals surface area (Å²) in [5.41, 5.74) is 6.00. The highest BCUT2D eigenvalue weighted by Crippen LogP contribution is 2.34. The van der Waals surface area contributed by atoms with Crippen molar-refractivity contribution in [3.05, 3.63) is 56.8 Å². The maximum Gasteiger partial charge on any atom is 0.145 e. The van der Waals surface area contributed by atoms with E-state index in [1.165, 1.54) is 0 Å². The van der Waals surface area contributed by atoms with Crippen LogP contribution in [0.4, 0.5) is 0 Å². The van der Waals surface area contributed by atoms with Crippen molar-refractivity contribution in [2.24, 2.45) is 0 Å². The van der Waals surface area contributed by atoms with Gasteiger partial charge < -0.3 is 5.11 Å². The number of aromatic nitrogens is 2. The summed E-state index contributed by atoms with van der Waals surface area (Å²) in [7, 11) is 0. The quantitative estimate of drug-likeness (QED) is 0.738. The van der Waals surface area contributed by atoms with Crippen LogP contribution in [0.2, 0.25) is 10.0 Å². The summed E-state index contributed by atoms with van der Waals surface area (Å²) in [6.07, 6.45) is 0.610. The Kier molecular flexibility index (Phi) is 4.37. The van der Waals surface area contributed by atoms with E-state index in [4.69, 9.17) is 28.2 Å². The standard InChI is InChI=1S/C18H18Cl2N2O/c1-10-8-13(6-7-23)17-11(2)12(3)22(18(17)21-10)16-5-4-14(19)9-15(16)20/h4-5,8-9,23H,6-7H2,1-3H3. The Hall–Kier alpha value is -1.55. The number of halogens is 2. The molecular formula is C18H18Cl2N2O. The lowest BCUT2D eigenvalue weighted by Gasteiger charge is -2.11. The van der Waals surface area contributed by atoms with E-state index in [1.807, 2.05) is 25.1 Å². The summed E-state index contributed by atoms with van der Waals surface area (Å²) >= 11 is 12.4. The molecule has 1 aromatic carbocycles. The van der Waals surface area contributed by atoms with Crippen LogP contribution in [-0.4, -0.2) is 21.3 Å². The number of nitrogens with zero attached hydrogens (tertiary/aromatic N) is 2. The molecule has 0 aliphatic heterocycles. The SMILES string of the molecule is Cc1cc(CCO)c2c(C)c(C)n(-c3ccc(Cl)cc3Cl)c2n1. The van der Waals surface area contributed by atoms with Gasteiger partial charge in [-0.2, -0.15) is 0 Å². The lowest BCUT2D eigenvalue weighted by atomic mass is 10.1. The maximum atomic E-state index is 9.37. The van der Waals surface area contributed by atoms with Gasteiger partial charge in [0.2, 0.25) is 0 Å². The predicted molar refractivity (Wildman–Crippen MR) is 96.1 cm³/mol. The van der Waals surface area contributed by atoms with Crippen molar-refractivity contribution in [3.8, 4) is 5.69 Å². The Morgan fingerprint density at radius 1 is 1.13 bits per heavy atom. The second-order valence-corrected chi connectivity index (χ2v) is 6.58. The minimum Gasteiger partial charge on any atom is -0.396 e. The third kappa shape index (κ3) is 2.74. The van der Waals surface area contributed by atoms with Crippen molar-refractivity contribution >= 4 is 34.2 Å². The smallest absolute Gasteiger partial charge is 0.145 e. The molecule has 120 valence electrons. The third-order valence-electron chi connectivity index (χ3n) is 4.21. The van der Waals surface area contributed by atoms with Gasteiger partial charge in [-0.1, -0.05) is 23.2 Å². The van der Waals surface area contributed by atoms with Crippen LogP contribution < -0.4 is 0 Å². The molecule has 5 heteroatoms. The molecule has 0 aliphatic carbocycles. The highest BCUT2D eigenvalue weighted by molar-refractivity contribution is 6.35. The molecule has 0 fully saturated rings. The molecule has 0 aliphatic rings. The number of rotatable bonds is 3. The highest BCUT2D eigenvalue weighted by Gasteiger charge is 2.18. The minimum atomic E-state index is 0.115. The predicted octanol–water partition coefficient (Wildman–Crippen LogP) is 4.79.